The molecule has 0 bridgehead atoms. The van der Waals surface area contributed by atoms with Crippen LogP contribution in [0.3, 0.4) is 0 Å². The number of amidine groups is 1. The fraction of sp³-hybridized carbons (Fsp3) is 0.111. The number of hydrogen-bond donors (Lipinski definition) is 2. The van der Waals surface area contributed by atoms with E-state index in [0.717, 1.165) is 10.5 Å². The van der Waals surface area contributed by atoms with Gasteiger partial charge in [-0.15, -0.1) is 12.6 Å². The Balaban J connectivity index is 2.27. The van der Waals surface area contributed by atoms with Gasteiger partial charge in [0, 0.05) is 10.5 Å². The van der Waals surface area contributed by atoms with Crippen molar-refractivity contribution < 1.29 is 4.79 Å². The van der Waals surface area contributed by atoms with E-state index in [0.29, 0.717) is 5.84 Å². The van der Waals surface area contributed by atoms with Crippen LogP contribution in [-0.2, 0) is 4.79 Å². The molecule has 4 heteroatoms. The van der Waals surface area contributed by atoms with Crippen molar-refractivity contribution >= 4 is 24.4 Å². The number of benzene rings is 1. The highest BCUT2D eigenvalue weighted by atomic mass is 32.1. The molecule has 13 heavy (non-hydrogen) atoms. The van der Waals surface area contributed by atoms with Crippen molar-refractivity contribution in [2.45, 2.75) is 4.90 Å². The Morgan fingerprint density at radius 3 is 2.54 bits per heavy atom. The Morgan fingerprint density at radius 2 is 2.00 bits per heavy atom. The highest BCUT2D eigenvalue weighted by Gasteiger charge is 2.13. The van der Waals surface area contributed by atoms with E-state index in [1.165, 1.54) is 0 Å². The molecule has 1 amide bonds. The standard InChI is InChI=1S/C9H8N2OS/c12-8-5-10-9(11-8)6-1-3-7(13)4-2-6/h1-4,13H,5H2,(H,10,11,12). The summed E-state index contributed by atoms with van der Waals surface area (Å²) in [5, 5.41) is 2.68. The van der Waals surface area contributed by atoms with E-state index in [2.05, 4.69) is 22.9 Å². The SMILES string of the molecule is O=C1CN=C(c2ccc(S)cc2)N1. The predicted octanol–water partition coefficient (Wildman–Crippen LogP) is 0.852. The summed E-state index contributed by atoms with van der Waals surface area (Å²) in [5.74, 6) is 0.600. The molecule has 0 spiro atoms. The van der Waals surface area contributed by atoms with Crippen LogP contribution in [0.15, 0.2) is 34.2 Å². The Labute approximate surface area is 81.3 Å². The number of carbonyl (C=O) groups is 1. The van der Waals surface area contributed by atoms with Gasteiger partial charge in [0.1, 0.15) is 12.4 Å². The highest BCUT2D eigenvalue weighted by molar-refractivity contribution is 7.80. The lowest BCUT2D eigenvalue weighted by atomic mass is 10.2. The van der Waals surface area contributed by atoms with Gasteiger partial charge >= 0.3 is 0 Å². The van der Waals surface area contributed by atoms with Crippen molar-refractivity contribution in [1.82, 2.24) is 5.32 Å². The molecule has 0 radical (unpaired) electrons. The molecule has 0 unspecified atom stereocenters. The molecule has 2 rings (SSSR count). The van der Waals surface area contributed by atoms with E-state index in [1.807, 2.05) is 24.3 Å². The first kappa shape index (κ1) is 8.31. The van der Waals surface area contributed by atoms with E-state index in [9.17, 15) is 4.79 Å². The van der Waals surface area contributed by atoms with E-state index in [-0.39, 0.29) is 12.5 Å². The fourth-order valence-electron chi connectivity index (χ4n) is 1.14. The number of nitrogens with zero attached hydrogens (tertiary/aromatic N) is 1. The number of nitrogens with one attached hydrogen (secondary N) is 1. The third-order valence-corrected chi connectivity index (χ3v) is 2.08. The van der Waals surface area contributed by atoms with Gasteiger partial charge < -0.3 is 5.32 Å². The topological polar surface area (TPSA) is 41.5 Å². The summed E-state index contributed by atoms with van der Waals surface area (Å²) < 4.78 is 0. The van der Waals surface area contributed by atoms with Gasteiger partial charge in [-0.3, -0.25) is 9.79 Å². The second-order valence-corrected chi connectivity index (χ2v) is 3.28. The summed E-state index contributed by atoms with van der Waals surface area (Å²) in [6.45, 7) is 0.234. The zero-order chi connectivity index (χ0) is 9.26. The molecule has 1 aliphatic heterocycles. The molecule has 1 aromatic rings. The minimum atomic E-state index is -0.0510. The van der Waals surface area contributed by atoms with Crippen LogP contribution in [0.1, 0.15) is 5.56 Å². The van der Waals surface area contributed by atoms with Gasteiger partial charge in [0.15, 0.2) is 0 Å². The first-order valence-corrected chi connectivity index (χ1v) is 4.34. The number of rotatable bonds is 1. The van der Waals surface area contributed by atoms with Crippen LogP contribution < -0.4 is 5.32 Å². The fourth-order valence-corrected chi connectivity index (χ4v) is 1.29. The van der Waals surface area contributed by atoms with Crippen LogP contribution in [0.25, 0.3) is 0 Å². The first-order valence-electron chi connectivity index (χ1n) is 3.89. The molecule has 0 saturated heterocycles. The van der Waals surface area contributed by atoms with Crippen molar-refractivity contribution in [2.24, 2.45) is 4.99 Å². The van der Waals surface area contributed by atoms with Gasteiger partial charge in [-0.1, -0.05) is 12.1 Å². The molecule has 0 aromatic heterocycles. The van der Waals surface area contributed by atoms with Crippen LogP contribution in [-0.4, -0.2) is 18.3 Å². The lowest BCUT2D eigenvalue weighted by Crippen LogP contribution is -2.25. The van der Waals surface area contributed by atoms with Crippen LogP contribution in [0, 0.1) is 0 Å². The number of aliphatic imine (C=N–C) groups is 1. The minimum Gasteiger partial charge on any atom is -0.309 e. The van der Waals surface area contributed by atoms with Gasteiger partial charge in [-0.05, 0) is 12.1 Å². The molecule has 0 aliphatic carbocycles. The Morgan fingerprint density at radius 1 is 1.31 bits per heavy atom. The van der Waals surface area contributed by atoms with E-state index >= 15 is 0 Å². The summed E-state index contributed by atoms with van der Waals surface area (Å²) in [5.41, 5.74) is 0.920. The van der Waals surface area contributed by atoms with Gasteiger partial charge in [0.2, 0.25) is 5.91 Å². The molecule has 0 saturated carbocycles. The average Bonchev–Trinajstić information content (AvgIpc) is 2.53. The van der Waals surface area contributed by atoms with Crippen molar-refractivity contribution in [1.29, 1.82) is 0 Å². The van der Waals surface area contributed by atoms with Gasteiger partial charge in [-0.25, -0.2) is 0 Å². The molecule has 66 valence electrons. The Bertz CT molecular complexity index is 370. The van der Waals surface area contributed by atoms with Crippen LogP contribution in [0.5, 0.6) is 0 Å². The monoisotopic (exact) mass is 192 g/mol. The van der Waals surface area contributed by atoms with Gasteiger partial charge in [0.25, 0.3) is 0 Å². The molecular weight excluding hydrogens is 184 g/mol. The van der Waals surface area contributed by atoms with Crippen LogP contribution in [0.2, 0.25) is 0 Å². The second-order valence-electron chi connectivity index (χ2n) is 2.76. The summed E-state index contributed by atoms with van der Waals surface area (Å²) in [4.78, 5) is 15.8. The normalized spacial score (nSPS) is 15.5. The molecule has 1 N–H and O–H groups in total. The molecular formula is C9H8N2OS. The van der Waals surface area contributed by atoms with E-state index in [4.69, 9.17) is 0 Å². The summed E-state index contributed by atoms with van der Waals surface area (Å²) in [7, 11) is 0. The maximum Gasteiger partial charge on any atom is 0.247 e. The van der Waals surface area contributed by atoms with Crippen molar-refractivity contribution in [3.05, 3.63) is 29.8 Å². The number of amides is 1. The van der Waals surface area contributed by atoms with Crippen molar-refractivity contribution in [3.63, 3.8) is 0 Å². The first-order chi connectivity index (χ1) is 6.25. The van der Waals surface area contributed by atoms with Crippen LogP contribution >= 0.6 is 12.6 Å². The molecule has 0 fully saturated rings. The van der Waals surface area contributed by atoms with Crippen molar-refractivity contribution in [3.8, 4) is 0 Å². The molecule has 0 atom stereocenters. The maximum absolute atomic E-state index is 10.9. The molecule has 1 heterocycles. The zero-order valence-corrected chi connectivity index (χ0v) is 7.71. The number of carbonyl (C=O) groups excluding carboxylic acids is 1. The average molecular weight is 192 g/mol. The Hall–Kier alpha value is -1.29. The van der Waals surface area contributed by atoms with Gasteiger partial charge in [0.05, 0.1) is 0 Å². The maximum atomic E-state index is 10.9. The lowest BCUT2D eigenvalue weighted by molar-refractivity contribution is -0.117. The number of thiol groups is 1. The quantitative estimate of drug-likeness (QED) is 0.636. The molecule has 1 aromatic carbocycles. The Kier molecular flexibility index (Phi) is 2.06. The lowest BCUT2D eigenvalue weighted by Gasteiger charge is -2.00. The second kappa shape index (κ2) is 3.22. The summed E-state index contributed by atoms with van der Waals surface area (Å²) in [6, 6.07) is 7.50. The largest absolute Gasteiger partial charge is 0.309 e. The third kappa shape index (κ3) is 1.72. The van der Waals surface area contributed by atoms with Gasteiger partial charge in [-0.2, -0.15) is 0 Å². The third-order valence-electron chi connectivity index (χ3n) is 1.78. The zero-order valence-electron chi connectivity index (χ0n) is 6.82. The molecule has 3 nitrogen and oxygen atoms in total. The van der Waals surface area contributed by atoms with Crippen LogP contribution in [0.4, 0.5) is 0 Å². The molecule has 1 aliphatic rings. The summed E-state index contributed by atoms with van der Waals surface area (Å²) in [6.07, 6.45) is 0. The predicted molar refractivity (Wildman–Crippen MR) is 53.2 cm³/mol. The minimum absolute atomic E-state index is 0.0510. The highest BCUT2D eigenvalue weighted by Crippen LogP contribution is 2.09. The smallest absolute Gasteiger partial charge is 0.247 e. The van der Waals surface area contributed by atoms with Crippen molar-refractivity contribution in [2.75, 3.05) is 6.54 Å². The summed E-state index contributed by atoms with van der Waals surface area (Å²) >= 11 is 4.16. The van der Waals surface area contributed by atoms with E-state index in [1.54, 1.807) is 0 Å². The van der Waals surface area contributed by atoms with E-state index < -0.39 is 0 Å². The number of hydrogen-bond acceptors (Lipinski definition) is 3.